The number of alkyl halides is 3. The molecule has 0 saturated carbocycles. The Kier molecular flexibility index (Phi) is 5.07. The molecule has 2 N–H and O–H groups in total. The van der Waals surface area contributed by atoms with Gasteiger partial charge >= 0.3 is 6.18 Å². The Labute approximate surface area is 173 Å². The standard InChI is InChI=1S/C20H13F3N6O2/c21-20(22,23)16-10-15(13-4-2-8-24-11-13)28-29(16)18-7-6-17(26-27-18)25-19(31)12-3-1-5-14(30)9-12/h1-11,30H,(H,25,26,31). The molecule has 1 amide bonds. The lowest BCUT2D eigenvalue weighted by Gasteiger charge is -2.09. The van der Waals surface area contributed by atoms with Crippen molar-refractivity contribution in [3.63, 3.8) is 0 Å². The zero-order chi connectivity index (χ0) is 22.0. The van der Waals surface area contributed by atoms with Crippen LogP contribution >= 0.6 is 0 Å². The lowest BCUT2D eigenvalue weighted by molar-refractivity contribution is -0.142. The third-order valence-electron chi connectivity index (χ3n) is 4.17. The maximum atomic E-state index is 13.5. The molecular formula is C20H13F3N6O2. The van der Waals surface area contributed by atoms with Gasteiger partial charge in [-0.05, 0) is 48.5 Å². The Balaban J connectivity index is 1.63. The average Bonchev–Trinajstić information content (AvgIpc) is 3.21. The first-order chi connectivity index (χ1) is 14.8. The van der Waals surface area contributed by atoms with Crippen LogP contribution in [0.3, 0.4) is 0 Å². The van der Waals surface area contributed by atoms with E-state index in [1.807, 2.05) is 0 Å². The van der Waals surface area contributed by atoms with Crippen molar-refractivity contribution in [2.75, 3.05) is 5.32 Å². The number of benzene rings is 1. The normalized spacial score (nSPS) is 11.3. The molecule has 11 heteroatoms. The highest BCUT2D eigenvalue weighted by molar-refractivity contribution is 6.03. The highest BCUT2D eigenvalue weighted by Crippen LogP contribution is 2.33. The molecule has 0 saturated heterocycles. The number of rotatable bonds is 4. The van der Waals surface area contributed by atoms with Crippen LogP contribution in [0.4, 0.5) is 19.0 Å². The Bertz CT molecular complexity index is 1220. The number of aromatic nitrogens is 5. The van der Waals surface area contributed by atoms with Crippen molar-refractivity contribution in [2.24, 2.45) is 0 Å². The van der Waals surface area contributed by atoms with Gasteiger partial charge in [-0.1, -0.05) is 6.07 Å². The van der Waals surface area contributed by atoms with Crippen LogP contribution in [0.1, 0.15) is 16.1 Å². The molecular weight excluding hydrogens is 413 g/mol. The van der Waals surface area contributed by atoms with Crippen LogP contribution < -0.4 is 5.32 Å². The average molecular weight is 426 g/mol. The third-order valence-corrected chi connectivity index (χ3v) is 4.17. The summed E-state index contributed by atoms with van der Waals surface area (Å²) >= 11 is 0. The first-order valence-corrected chi connectivity index (χ1v) is 8.83. The van der Waals surface area contributed by atoms with Gasteiger partial charge in [-0.3, -0.25) is 9.78 Å². The van der Waals surface area contributed by atoms with Crippen molar-refractivity contribution in [1.82, 2.24) is 25.0 Å². The van der Waals surface area contributed by atoms with Gasteiger partial charge in [0, 0.05) is 23.5 Å². The lowest BCUT2D eigenvalue weighted by Crippen LogP contribution is -2.16. The van der Waals surface area contributed by atoms with E-state index in [-0.39, 0.29) is 28.6 Å². The molecule has 0 unspecified atom stereocenters. The third kappa shape index (κ3) is 4.34. The Morgan fingerprint density at radius 1 is 1.03 bits per heavy atom. The van der Waals surface area contributed by atoms with E-state index in [4.69, 9.17) is 0 Å². The van der Waals surface area contributed by atoms with Gasteiger partial charge < -0.3 is 10.4 Å². The van der Waals surface area contributed by atoms with Gasteiger partial charge in [-0.25, -0.2) is 4.68 Å². The largest absolute Gasteiger partial charge is 0.508 e. The summed E-state index contributed by atoms with van der Waals surface area (Å²) in [5.74, 6) is -0.813. The Hall–Kier alpha value is -4.28. The van der Waals surface area contributed by atoms with Crippen LogP contribution in [0.15, 0.2) is 67.0 Å². The van der Waals surface area contributed by atoms with Crippen LogP contribution in [0.25, 0.3) is 17.1 Å². The monoisotopic (exact) mass is 426 g/mol. The lowest BCUT2D eigenvalue weighted by atomic mass is 10.2. The van der Waals surface area contributed by atoms with Crippen molar-refractivity contribution in [1.29, 1.82) is 0 Å². The summed E-state index contributed by atoms with van der Waals surface area (Å²) in [7, 11) is 0. The highest BCUT2D eigenvalue weighted by Gasteiger charge is 2.37. The number of halogens is 3. The summed E-state index contributed by atoms with van der Waals surface area (Å²) in [5.41, 5.74) is -0.367. The molecule has 0 atom stereocenters. The number of anilines is 1. The molecule has 8 nitrogen and oxygen atoms in total. The number of aromatic hydroxyl groups is 1. The molecule has 156 valence electrons. The van der Waals surface area contributed by atoms with E-state index >= 15 is 0 Å². The van der Waals surface area contributed by atoms with E-state index < -0.39 is 17.8 Å². The van der Waals surface area contributed by atoms with E-state index in [9.17, 15) is 23.1 Å². The van der Waals surface area contributed by atoms with Gasteiger partial charge in [-0.2, -0.15) is 18.3 Å². The number of hydrogen-bond donors (Lipinski definition) is 2. The molecule has 0 aliphatic rings. The zero-order valence-electron chi connectivity index (χ0n) is 15.6. The molecule has 0 spiro atoms. The number of carbonyl (C=O) groups is 1. The molecule has 4 aromatic rings. The predicted octanol–water partition coefficient (Wildman–Crippen LogP) is 3.70. The van der Waals surface area contributed by atoms with E-state index in [1.54, 1.807) is 12.1 Å². The second kappa shape index (κ2) is 7.86. The number of pyridine rings is 1. The van der Waals surface area contributed by atoms with Crippen molar-refractivity contribution >= 4 is 11.7 Å². The van der Waals surface area contributed by atoms with Crippen molar-refractivity contribution in [3.05, 3.63) is 78.2 Å². The van der Waals surface area contributed by atoms with Gasteiger partial charge in [0.05, 0.1) is 5.69 Å². The van der Waals surface area contributed by atoms with E-state index in [1.165, 1.54) is 48.8 Å². The second-order valence-electron chi connectivity index (χ2n) is 6.35. The van der Waals surface area contributed by atoms with Gasteiger partial charge in [-0.15, -0.1) is 10.2 Å². The molecule has 3 aromatic heterocycles. The van der Waals surface area contributed by atoms with Crippen LogP contribution in [0.5, 0.6) is 5.75 Å². The number of phenols is 1. The molecule has 31 heavy (non-hydrogen) atoms. The van der Waals surface area contributed by atoms with Gasteiger partial charge in [0.1, 0.15) is 5.75 Å². The number of amides is 1. The minimum Gasteiger partial charge on any atom is -0.508 e. The summed E-state index contributed by atoms with van der Waals surface area (Å²) < 4.78 is 41.2. The number of nitrogens with one attached hydrogen (secondary N) is 1. The first kappa shape index (κ1) is 20.0. The molecule has 4 rings (SSSR count). The Morgan fingerprint density at radius 3 is 2.52 bits per heavy atom. The van der Waals surface area contributed by atoms with Crippen molar-refractivity contribution in [2.45, 2.75) is 6.18 Å². The molecule has 0 fully saturated rings. The fourth-order valence-electron chi connectivity index (χ4n) is 2.75. The molecule has 0 aliphatic carbocycles. The summed E-state index contributed by atoms with van der Waals surface area (Å²) in [6.07, 6.45) is -1.78. The molecule has 3 heterocycles. The van der Waals surface area contributed by atoms with Crippen molar-refractivity contribution < 1.29 is 23.1 Å². The molecule has 0 radical (unpaired) electrons. The smallest absolute Gasteiger partial charge is 0.433 e. The van der Waals surface area contributed by atoms with Gasteiger partial charge in [0.25, 0.3) is 5.91 Å². The minimum absolute atomic E-state index is 0.0188. The SMILES string of the molecule is O=C(Nc1ccc(-n2nc(-c3cccnc3)cc2C(F)(F)F)nn1)c1cccc(O)c1. The maximum Gasteiger partial charge on any atom is 0.433 e. The summed E-state index contributed by atoms with van der Waals surface area (Å²) in [6.45, 7) is 0. The fourth-order valence-corrected chi connectivity index (χ4v) is 2.75. The first-order valence-electron chi connectivity index (χ1n) is 8.83. The van der Waals surface area contributed by atoms with Gasteiger partial charge in [0.15, 0.2) is 17.3 Å². The van der Waals surface area contributed by atoms with Crippen LogP contribution in [-0.2, 0) is 6.18 Å². The molecule has 1 aromatic carbocycles. The summed E-state index contributed by atoms with van der Waals surface area (Å²) in [6, 6.07) is 12.3. The predicted molar refractivity (Wildman–Crippen MR) is 103 cm³/mol. The van der Waals surface area contributed by atoms with Gasteiger partial charge in [0.2, 0.25) is 0 Å². The summed E-state index contributed by atoms with van der Waals surface area (Å²) in [5, 5.41) is 23.4. The number of hydrogen-bond acceptors (Lipinski definition) is 6. The topological polar surface area (TPSA) is 106 Å². The number of nitrogens with zero attached hydrogens (tertiary/aromatic N) is 5. The van der Waals surface area contributed by atoms with E-state index in [0.29, 0.717) is 10.2 Å². The van der Waals surface area contributed by atoms with Crippen LogP contribution in [-0.4, -0.2) is 36.0 Å². The van der Waals surface area contributed by atoms with Crippen LogP contribution in [0, 0.1) is 0 Å². The number of carbonyl (C=O) groups excluding carboxylic acids is 1. The van der Waals surface area contributed by atoms with Crippen LogP contribution in [0.2, 0.25) is 0 Å². The summed E-state index contributed by atoms with van der Waals surface area (Å²) in [4.78, 5) is 16.1. The maximum absolute atomic E-state index is 13.5. The van der Waals surface area contributed by atoms with E-state index in [2.05, 4.69) is 25.6 Å². The van der Waals surface area contributed by atoms with Crippen molar-refractivity contribution in [3.8, 4) is 22.8 Å². The number of phenolic OH excluding ortho intramolecular Hbond substituents is 1. The Morgan fingerprint density at radius 2 is 1.87 bits per heavy atom. The van der Waals surface area contributed by atoms with E-state index in [0.717, 1.165) is 6.07 Å². The molecule has 0 aliphatic heterocycles. The quantitative estimate of drug-likeness (QED) is 0.516. The zero-order valence-corrected chi connectivity index (χ0v) is 15.6. The highest BCUT2D eigenvalue weighted by atomic mass is 19.4. The second-order valence-corrected chi connectivity index (χ2v) is 6.35. The fraction of sp³-hybridized carbons (Fsp3) is 0.0500. The molecule has 0 bridgehead atoms. The minimum atomic E-state index is -4.68.